The summed E-state index contributed by atoms with van der Waals surface area (Å²) >= 11 is 5.96. The molecule has 0 N–H and O–H groups in total. The van der Waals surface area contributed by atoms with Gasteiger partial charge in [0.1, 0.15) is 11.5 Å². The van der Waals surface area contributed by atoms with E-state index in [4.69, 9.17) is 16.0 Å². The average Bonchev–Trinajstić information content (AvgIpc) is 3.36. The molecular weight excluding hydrogens is 400 g/mol. The van der Waals surface area contributed by atoms with Gasteiger partial charge in [-0.05, 0) is 43.0 Å². The van der Waals surface area contributed by atoms with E-state index < -0.39 is 0 Å². The molecule has 0 saturated carbocycles. The molecule has 1 amide bonds. The number of halogens is 1. The van der Waals surface area contributed by atoms with Crippen molar-refractivity contribution in [1.29, 1.82) is 0 Å². The lowest BCUT2D eigenvalue weighted by Gasteiger charge is -2.31. The maximum atomic E-state index is 13.1. The van der Waals surface area contributed by atoms with Crippen molar-refractivity contribution in [3.63, 3.8) is 0 Å². The highest BCUT2D eigenvalue weighted by Gasteiger charge is 2.29. The lowest BCUT2D eigenvalue weighted by Crippen LogP contribution is -2.40. The van der Waals surface area contributed by atoms with Crippen LogP contribution in [-0.2, 0) is 19.9 Å². The highest BCUT2D eigenvalue weighted by molar-refractivity contribution is 6.30. The van der Waals surface area contributed by atoms with Crippen LogP contribution in [0.1, 0.15) is 65.5 Å². The van der Waals surface area contributed by atoms with Crippen LogP contribution in [0.5, 0.6) is 0 Å². The molecule has 7 heteroatoms. The third-order valence-electron chi connectivity index (χ3n) is 5.58. The number of likely N-dealkylation sites (tertiary alicyclic amines) is 1. The molecule has 0 spiro atoms. The van der Waals surface area contributed by atoms with Gasteiger partial charge in [-0.15, -0.1) is 0 Å². The summed E-state index contributed by atoms with van der Waals surface area (Å²) < 4.78 is 7.75. The van der Waals surface area contributed by atoms with E-state index in [9.17, 15) is 4.79 Å². The van der Waals surface area contributed by atoms with Crippen LogP contribution in [0.15, 0.2) is 40.9 Å². The molecule has 2 aromatic heterocycles. The van der Waals surface area contributed by atoms with E-state index in [1.165, 1.54) is 0 Å². The van der Waals surface area contributed by atoms with Gasteiger partial charge >= 0.3 is 0 Å². The molecule has 4 rings (SSSR count). The molecule has 0 unspecified atom stereocenters. The predicted molar refractivity (Wildman–Crippen MR) is 116 cm³/mol. The van der Waals surface area contributed by atoms with Crippen LogP contribution in [0.4, 0.5) is 0 Å². The second-order valence-corrected chi connectivity index (χ2v) is 8.39. The van der Waals surface area contributed by atoms with E-state index in [0.29, 0.717) is 24.6 Å². The molecule has 1 saturated heterocycles. The summed E-state index contributed by atoms with van der Waals surface area (Å²) in [5.74, 6) is 1.69. The molecule has 1 aromatic carbocycles. The Bertz CT molecular complexity index is 1010. The van der Waals surface area contributed by atoms with Crippen LogP contribution in [0.2, 0.25) is 5.02 Å². The van der Waals surface area contributed by atoms with E-state index in [1.54, 1.807) is 10.9 Å². The molecule has 3 aromatic rings. The number of hydrogen-bond donors (Lipinski definition) is 0. The summed E-state index contributed by atoms with van der Waals surface area (Å²) in [6.07, 6.45) is 6.27. The lowest BCUT2D eigenvalue weighted by atomic mass is 9.97. The number of amides is 1. The minimum atomic E-state index is 0.0324. The van der Waals surface area contributed by atoms with Crippen molar-refractivity contribution in [3.05, 3.63) is 70.2 Å². The summed E-state index contributed by atoms with van der Waals surface area (Å²) in [6.45, 7) is 3.49. The van der Waals surface area contributed by atoms with Gasteiger partial charge in [0.15, 0.2) is 5.89 Å². The Morgan fingerprint density at radius 2 is 2.10 bits per heavy atom. The van der Waals surface area contributed by atoms with Gasteiger partial charge in [0.05, 0.1) is 17.8 Å². The van der Waals surface area contributed by atoms with Gasteiger partial charge in [0.2, 0.25) is 0 Å². The van der Waals surface area contributed by atoms with Crippen molar-refractivity contribution in [2.45, 2.75) is 44.9 Å². The van der Waals surface area contributed by atoms with Gasteiger partial charge in [-0.25, -0.2) is 4.98 Å². The van der Waals surface area contributed by atoms with Crippen LogP contribution < -0.4 is 0 Å². The highest BCUT2D eigenvalue weighted by atomic mass is 35.5. The van der Waals surface area contributed by atoms with E-state index >= 15 is 0 Å². The molecule has 3 heterocycles. The number of piperidine rings is 1. The fraction of sp³-hybridized carbons (Fsp3) is 0.435. The van der Waals surface area contributed by atoms with Crippen LogP contribution in [0.25, 0.3) is 0 Å². The Morgan fingerprint density at radius 1 is 1.30 bits per heavy atom. The summed E-state index contributed by atoms with van der Waals surface area (Å²) in [7, 11) is 1.84. The van der Waals surface area contributed by atoms with Gasteiger partial charge in [0.25, 0.3) is 5.91 Å². The standard InChI is InChI=1S/C23H27ClN4O2/c1-3-5-19-13-21(27(2)26-19)23(29)28-11-4-6-17(15-28)22-25-14-20(30-22)12-16-7-9-18(24)10-8-16/h7-10,13-14,17H,3-6,11-12,15H2,1-2H3/t17-/m0/s1. The first-order valence-corrected chi connectivity index (χ1v) is 10.9. The maximum Gasteiger partial charge on any atom is 0.272 e. The SMILES string of the molecule is CCCc1cc(C(=O)N2CCC[C@H](c3ncc(Cc4ccc(Cl)cc4)o3)C2)n(C)n1. The number of carbonyl (C=O) groups excluding carboxylic acids is 1. The first-order chi connectivity index (χ1) is 14.5. The Kier molecular flexibility index (Phi) is 6.23. The van der Waals surface area contributed by atoms with Gasteiger partial charge in [-0.1, -0.05) is 37.1 Å². The summed E-state index contributed by atoms with van der Waals surface area (Å²) in [6, 6.07) is 9.66. The number of aromatic nitrogens is 3. The summed E-state index contributed by atoms with van der Waals surface area (Å²) in [5, 5.41) is 5.19. The van der Waals surface area contributed by atoms with Crippen LogP contribution in [0, 0.1) is 0 Å². The Balaban J connectivity index is 1.43. The Labute approximate surface area is 181 Å². The fourth-order valence-electron chi connectivity index (χ4n) is 4.03. The molecule has 6 nitrogen and oxygen atoms in total. The fourth-order valence-corrected chi connectivity index (χ4v) is 4.15. The molecule has 0 radical (unpaired) electrons. The highest BCUT2D eigenvalue weighted by Crippen LogP contribution is 2.28. The molecule has 1 fully saturated rings. The molecule has 0 aliphatic carbocycles. The molecule has 158 valence electrons. The number of oxazole rings is 1. The van der Waals surface area contributed by atoms with Crippen molar-refractivity contribution < 1.29 is 9.21 Å². The number of rotatable bonds is 6. The number of nitrogens with zero attached hydrogens (tertiary/aromatic N) is 4. The zero-order valence-corrected chi connectivity index (χ0v) is 18.2. The normalized spacial score (nSPS) is 16.8. The van der Waals surface area contributed by atoms with Crippen molar-refractivity contribution in [3.8, 4) is 0 Å². The number of benzene rings is 1. The van der Waals surface area contributed by atoms with E-state index in [-0.39, 0.29) is 11.8 Å². The second-order valence-electron chi connectivity index (χ2n) is 7.95. The molecule has 1 atom stereocenters. The Morgan fingerprint density at radius 3 is 2.87 bits per heavy atom. The Hall–Kier alpha value is -2.60. The minimum Gasteiger partial charge on any atom is -0.445 e. The van der Waals surface area contributed by atoms with Crippen LogP contribution >= 0.6 is 11.6 Å². The first kappa shape index (κ1) is 20.7. The van der Waals surface area contributed by atoms with Crippen molar-refractivity contribution in [1.82, 2.24) is 19.7 Å². The molecule has 0 bridgehead atoms. The third kappa shape index (κ3) is 4.59. The molecule has 30 heavy (non-hydrogen) atoms. The zero-order valence-electron chi connectivity index (χ0n) is 17.5. The largest absolute Gasteiger partial charge is 0.445 e. The number of aryl methyl sites for hydroxylation is 2. The second kappa shape index (κ2) is 9.04. The molecule has 1 aliphatic rings. The smallest absolute Gasteiger partial charge is 0.272 e. The quantitative estimate of drug-likeness (QED) is 0.576. The first-order valence-electron chi connectivity index (χ1n) is 10.5. The number of hydrogen-bond acceptors (Lipinski definition) is 4. The van der Waals surface area contributed by atoms with Crippen LogP contribution in [0.3, 0.4) is 0 Å². The lowest BCUT2D eigenvalue weighted by molar-refractivity contribution is 0.0686. The van der Waals surface area contributed by atoms with Gasteiger partial charge in [-0.3, -0.25) is 9.48 Å². The minimum absolute atomic E-state index is 0.0324. The predicted octanol–water partition coefficient (Wildman–Crippen LogP) is 4.62. The van der Waals surface area contributed by atoms with Crippen molar-refractivity contribution in [2.24, 2.45) is 7.05 Å². The van der Waals surface area contributed by atoms with E-state index in [2.05, 4.69) is 17.0 Å². The van der Waals surface area contributed by atoms with E-state index in [1.807, 2.05) is 42.3 Å². The van der Waals surface area contributed by atoms with Crippen molar-refractivity contribution >= 4 is 17.5 Å². The average molecular weight is 427 g/mol. The summed E-state index contributed by atoms with van der Waals surface area (Å²) in [4.78, 5) is 19.5. The van der Waals surface area contributed by atoms with Crippen LogP contribution in [-0.4, -0.2) is 38.7 Å². The third-order valence-corrected chi connectivity index (χ3v) is 5.83. The van der Waals surface area contributed by atoms with Gasteiger partial charge in [0, 0.05) is 31.6 Å². The molecule has 1 aliphatic heterocycles. The topological polar surface area (TPSA) is 64.2 Å². The number of carbonyl (C=O) groups is 1. The zero-order chi connectivity index (χ0) is 21.1. The maximum absolute atomic E-state index is 13.1. The van der Waals surface area contributed by atoms with Crippen molar-refractivity contribution in [2.75, 3.05) is 13.1 Å². The molecular formula is C23H27ClN4O2. The van der Waals surface area contributed by atoms with Gasteiger partial charge in [-0.2, -0.15) is 5.10 Å². The monoisotopic (exact) mass is 426 g/mol. The van der Waals surface area contributed by atoms with Gasteiger partial charge < -0.3 is 9.32 Å². The summed E-state index contributed by atoms with van der Waals surface area (Å²) in [5.41, 5.74) is 2.74. The van der Waals surface area contributed by atoms with E-state index in [0.717, 1.165) is 54.3 Å².